The molecule has 1 rings (SSSR count). The standard InChI is InChI=1S/C9H9FO2/c10-8-3-1-7(2-4-8)9(12)5-6-11/h1-4,6,9,12H,5H2/t9-/m1/s1. The molecule has 0 heterocycles. The molecule has 0 aromatic heterocycles. The van der Waals surface area contributed by atoms with Crippen LogP contribution < -0.4 is 0 Å². The van der Waals surface area contributed by atoms with Crippen molar-refractivity contribution in [2.75, 3.05) is 0 Å². The minimum Gasteiger partial charge on any atom is -0.388 e. The summed E-state index contributed by atoms with van der Waals surface area (Å²) in [7, 11) is 0. The fourth-order valence-electron chi connectivity index (χ4n) is 0.912. The number of halogens is 1. The van der Waals surface area contributed by atoms with Gasteiger partial charge in [0.2, 0.25) is 0 Å². The second-order valence-corrected chi connectivity index (χ2v) is 2.47. The second kappa shape index (κ2) is 3.97. The van der Waals surface area contributed by atoms with Gasteiger partial charge in [-0.2, -0.15) is 0 Å². The second-order valence-electron chi connectivity index (χ2n) is 2.47. The van der Waals surface area contributed by atoms with E-state index in [4.69, 9.17) is 0 Å². The summed E-state index contributed by atoms with van der Waals surface area (Å²) < 4.78 is 12.4. The van der Waals surface area contributed by atoms with Crippen molar-refractivity contribution in [3.63, 3.8) is 0 Å². The smallest absolute Gasteiger partial charge is 0.123 e. The molecule has 0 spiro atoms. The number of benzene rings is 1. The highest BCUT2D eigenvalue weighted by molar-refractivity contribution is 5.50. The van der Waals surface area contributed by atoms with Crippen LogP contribution in [-0.2, 0) is 4.79 Å². The molecule has 0 amide bonds. The van der Waals surface area contributed by atoms with Gasteiger partial charge in [0, 0.05) is 6.42 Å². The van der Waals surface area contributed by atoms with Crippen LogP contribution in [0.3, 0.4) is 0 Å². The van der Waals surface area contributed by atoms with Crippen molar-refractivity contribution < 1.29 is 14.3 Å². The van der Waals surface area contributed by atoms with Gasteiger partial charge in [-0.3, -0.25) is 0 Å². The van der Waals surface area contributed by atoms with Crippen LogP contribution in [0.15, 0.2) is 24.3 Å². The molecule has 2 nitrogen and oxygen atoms in total. The third-order valence-electron chi connectivity index (χ3n) is 1.57. The quantitative estimate of drug-likeness (QED) is 0.693. The number of carbonyl (C=O) groups excluding carboxylic acids is 1. The largest absolute Gasteiger partial charge is 0.388 e. The van der Waals surface area contributed by atoms with E-state index in [1.54, 1.807) is 0 Å². The first kappa shape index (κ1) is 8.87. The summed E-state index contributed by atoms with van der Waals surface area (Å²) in [4.78, 5) is 10.0. The highest BCUT2D eigenvalue weighted by Gasteiger charge is 2.05. The van der Waals surface area contributed by atoms with Gasteiger partial charge in [0.1, 0.15) is 12.1 Å². The Hall–Kier alpha value is -1.22. The number of aldehydes is 1. The van der Waals surface area contributed by atoms with Crippen LogP contribution in [0.25, 0.3) is 0 Å². The fourth-order valence-corrected chi connectivity index (χ4v) is 0.912. The lowest BCUT2D eigenvalue weighted by Crippen LogP contribution is -1.97. The van der Waals surface area contributed by atoms with E-state index < -0.39 is 6.10 Å². The molecule has 0 aliphatic heterocycles. The van der Waals surface area contributed by atoms with E-state index in [2.05, 4.69) is 0 Å². The first-order valence-electron chi connectivity index (χ1n) is 3.61. The van der Waals surface area contributed by atoms with E-state index in [0.717, 1.165) is 0 Å². The van der Waals surface area contributed by atoms with Gasteiger partial charge in [-0.15, -0.1) is 0 Å². The molecule has 64 valence electrons. The average molecular weight is 168 g/mol. The number of carbonyl (C=O) groups is 1. The van der Waals surface area contributed by atoms with E-state index in [-0.39, 0.29) is 12.2 Å². The molecule has 0 fully saturated rings. The molecule has 0 aliphatic carbocycles. The molecule has 1 aromatic rings. The minimum atomic E-state index is -0.817. The van der Waals surface area contributed by atoms with Gasteiger partial charge in [0.25, 0.3) is 0 Å². The molecule has 1 aromatic carbocycles. The molecule has 0 saturated heterocycles. The van der Waals surface area contributed by atoms with Crippen molar-refractivity contribution in [1.82, 2.24) is 0 Å². The van der Waals surface area contributed by atoms with Crippen LogP contribution in [-0.4, -0.2) is 11.4 Å². The van der Waals surface area contributed by atoms with Crippen LogP contribution in [0.4, 0.5) is 4.39 Å². The summed E-state index contributed by atoms with van der Waals surface area (Å²) >= 11 is 0. The Morgan fingerprint density at radius 3 is 2.50 bits per heavy atom. The Kier molecular flexibility index (Phi) is 2.94. The van der Waals surface area contributed by atoms with Gasteiger partial charge in [0.15, 0.2) is 0 Å². The van der Waals surface area contributed by atoms with Gasteiger partial charge in [-0.1, -0.05) is 12.1 Å². The van der Waals surface area contributed by atoms with Crippen molar-refractivity contribution in [2.45, 2.75) is 12.5 Å². The summed E-state index contributed by atoms with van der Waals surface area (Å²) in [5, 5.41) is 9.26. The molecular weight excluding hydrogens is 159 g/mol. The lowest BCUT2D eigenvalue weighted by atomic mass is 10.1. The molecule has 1 N–H and O–H groups in total. The predicted molar refractivity (Wildman–Crippen MR) is 42.0 cm³/mol. The van der Waals surface area contributed by atoms with Crippen LogP contribution in [0.2, 0.25) is 0 Å². The zero-order valence-electron chi connectivity index (χ0n) is 6.40. The van der Waals surface area contributed by atoms with E-state index in [9.17, 15) is 14.3 Å². The van der Waals surface area contributed by atoms with Crippen molar-refractivity contribution in [2.24, 2.45) is 0 Å². The summed E-state index contributed by atoms with van der Waals surface area (Å²) in [5.74, 6) is -0.350. The van der Waals surface area contributed by atoms with Gasteiger partial charge in [-0.25, -0.2) is 4.39 Å². The van der Waals surface area contributed by atoms with Crippen LogP contribution in [0, 0.1) is 5.82 Å². The maximum absolute atomic E-state index is 12.4. The summed E-state index contributed by atoms with van der Waals surface area (Å²) in [6, 6.07) is 5.43. The van der Waals surface area contributed by atoms with Crippen LogP contribution in [0.5, 0.6) is 0 Å². The molecule has 12 heavy (non-hydrogen) atoms. The minimum absolute atomic E-state index is 0.0473. The molecule has 0 saturated carbocycles. The Morgan fingerprint density at radius 1 is 1.42 bits per heavy atom. The molecule has 1 atom stereocenters. The number of hydrogen-bond donors (Lipinski definition) is 1. The van der Waals surface area contributed by atoms with E-state index in [1.165, 1.54) is 24.3 Å². The Bertz CT molecular complexity index is 256. The lowest BCUT2D eigenvalue weighted by Gasteiger charge is -2.05. The fraction of sp³-hybridized carbons (Fsp3) is 0.222. The Morgan fingerprint density at radius 2 is 2.00 bits per heavy atom. The van der Waals surface area contributed by atoms with Gasteiger partial charge >= 0.3 is 0 Å². The van der Waals surface area contributed by atoms with Crippen molar-refractivity contribution in [3.05, 3.63) is 35.6 Å². The van der Waals surface area contributed by atoms with Gasteiger partial charge in [-0.05, 0) is 17.7 Å². The van der Waals surface area contributed by atoms with E-state index >= 15 is 0 Å². The maximum atomic E-state index is 12.4. The van der Waals surface area contributed by atoms with Crippen molar-refractivity contribution in [1.29, 1.82) is 0 Å². The Labute approximate surface area is 69.6 Å². The first-order valence-corrected chi connectivity index (χ1v) is 3.61. The SMILES string of the molecule is O=CC[C@@H](O)c1ccc(F)cc1. The molecular formula is C9H9FO2. The highest BCUT2D eigenvalue weighted by atomic mass is 19.1. The number of aliphatic hydroxyl groups is 1. The lowest BCUT2D eigenvalue weighted by molar-refractivity contribution is -0.109. The molecule has 0 aliphatic rings. The topological polar surface area (TPSA) is 37.3 Å². The third-order valence-corrected chi connectivity index (χ3v) is 1.57. The number of rotatable bonds is 3. The zero-order chi connectivity index (χ0) is 8.97. The van der Waals surface area contributed by atoms with Gasteiger partial charge < -0.3 is 9.90 Å². The monoisotopic (exact) mass is 168 g/mol. The number of hydrogen-bond acceptors (Lipinski definition) is 2. The van der Waals surface area contributed by atoms with E-state index in [0.29, 0.717) is 11.8 Å². The van der Waals surface area contributed by atoms with Crippen LogP contribution >= 0.6 is 0 Å². The average Bonchev–Trinajstić information content (AvgIpc) is 2.06. The normalized spacial score (nSPS) is 12.5. The van der Waals surface area contributed by atoms with Crippen LogP contribution in [0.1, 0.15) is 18.1 Å². The van der Waals surface area contributed by atoms with Gasteiger partial charge in [0.05, 0.1) is 6.10 Å². The van der Waals surface area contributed by atoms with Crippen molar-refractivity contribution in [3.8, 4) is 0 Å². The molecule has 3 heteroatoms. The maximum Gasteiger partial charge on any atom is 0.123 e. The molecule has 0 unspecified atom stereocenters. The van der Waals surface area contributed by atoms with E-state index in [1.807, 2.05) is 0 Å². The zero-order valence-corrected chi connectivity index (χ0v) is 6.40. The summed E-state index contributed by atoms with van der Waals surface area (Å²) in [6.07, 6.45) is -0.136. The summed E-state index contributed by atoms with van der Waals surface area (Å²) in [5.41, 5.74) is 0.559. The van der Waals surface area contributed by atoms with Crippen molar-refractivity contribution >= 4 is 6.29 Å². The third kappa shape index (κ3) is 2.13. The first-order chi connectivity index (χ1) is 5.74. The summed E-state index contributed by atoms with van der Waals surface area (Å²) in [6.45, 7) is 0. The highest BCUT2D eigenvalue weighted by Crippen LogP contribution is 2.15. The predicted octanol–water partition coefficient (Wildman–Crippen LogP) is 1.45. The molecule has 0 radical (unpaired) electrons. The molecule has 0 bridgehead atoms. The number of aliphatic hydroxyl groups excluding tert-OH is 1. The Balaban J connectivity index is 2.74.